The molecule has 2 amide bonds. The summed E-state index contributed by atoms with van der Waals surface area (Å²) in [6.07, 6.45) is 0.712. The van der Waals surface area contributed by atoms with Crippen molar-refractivity contribution in [2.75, 3.05) is 23.9 Å². The predicted molar refractivity (Wildman–Crippen MR) is 117 cm³/mol. The predicted octanol–water partition coefficient (Wildman–Crippen LogP) is 4.40. The first-order chi connectivity index (χ1) is 14.1. The van der Waals surface area contributed by atoms with Crippen LogP contribution in [0.5, 0.6) is 0 Å². The van der Waals surface area contributed by atoms with Gasteiger partial charge in [-0.1, -0.05) is 20.8 Å². The number of carbonyl (C=O) groups excluding carboxylic acids is 3. The Hall–Kier alpha value is -3.15. The number of hydrogen-bond acceptors (Lipinski definition) is 4. The summed E-state index contributed by atoms with van der Waals surface area (Å²) >= 11 is 0. The number of fused-ring (bicyclic) bond motifs is 1. The lowest BCUT2D eigenvalue weighted by Gasteiger charge is -2.27. The molecule has 0 aliphatic carbocycles. The normalized spacial score (nSPS) is 17.7. The molecule has 2 aromatic carbocycles. The molecule has 0 radical (unpaired) electrons. The Kier molecular flexibility index (Phi) is 5.97. The van der Waals surface area contributed by atoms with E-state index in [1.165, 1.54) is 0 Å². The van der Waals surface area contributed by atoms with Crippen molar-refractivity contribution in [3.63, 3.8) is 0 Å². The number of rotatable bonds is 4. The van der Waals surface area contributed by atoms with E-state index in [4.69, 9.17) is 4.74 Å². The third kappa shape index (κ3) is 4.22. The molecule has 1 atom stereocenters. The van der Waals surface area contributed by atoms with E-state index < -0.39 is 5.97 Å². The van der Waals surface area contributed by atoms with E-state index in [1.807, 2.05) is 19.1 Å². The first-order valence-electron chi connectivity index (χ1n) is 10.1. The molecule has 1 N–H and O–H groups in total. The van der Waals surface area contributed by atoms with Crippen molar-refractivity contribution in [1.82, 2.24) is 0 Å². The average Bonchev–Trinajstić information content (AvgIpc) is 2.77. The molecule has 0 spiro atoms. The smallest absolute Gasteiger partial charge is 0.338 e. The number of hydrogen-bond donors (Lipinski definition) is 1. The molecule has 2 aromatic rings. The monoisotopic (exact) mass is 408 g/mol. The number of nitrogens with zero attached hydrogens (tertiary/aromatic N) is 1. The van der Waals surface area contributed by atoms with Crippen LogP contribution in [0, 0.1) is 5.92 Å². The molecule has 0 bridgehead atoms. The van der Waals surface area contributed by atoms with Crippen molar-refractivity contribution in [2.45, 2.75) is 39.5 Å². The van der Waals surface area contributed by atoms with Gasteiger partial charge in [0.1, 0.15) is 0 Å². The van der Waals surface area contributed by atoms with Crippen LogP contribution in [0.1, 0.15) is 60.4 Å². The maximum Gasteiger partial charge on any atom is 0.338 e. The SMILES string of the molecule is CCOC(=O)c1ccc(NC(=O)c2ccc3c(c2)C(C)(C)CC(C)C(=O)N3C)cc1. The highest BCUT2D eigenvalue weighted by Crippen LogP contribution is 2.41. The molecule has 1 aliphatic rings. The van der Waals surface area contributed by atoms with Crippen LogP contribution in [-0.4, -0.2) is 31.4 Å². The van der Waals surface area contributed by atoms with E-state index in [0.29, 0.717) is 29.8 Å². The molecule has 0 saturated carbocycles. The van der Waals surface area contributed by atoms with E-state index in [0.717, 1.165) is 11.3 Å². The van der Waals surface area contributed by atoms with Crippen LogP contribution in [-0.2, 0) is 14.9 Å². The Morgan fingerprint density at radius 1 is 1.13 bits per heavy atom. The molecule has 0 saturated heterocycles. The second-order valence-corrected chi connectivity index (χ2v) is 8.37. The van der Waals surface area contributed by atoms with Crippen molar-refractivity contribution >= 4 is 29.2 Å². The molecule has 1 heterocycles. The van der Waals surface area contributed by atoms with Crippen LogP contribution >= 0.6 is 0 Å². The summed E-state index contributed by atoms with van der Waals surface area (Å²) in [5, 5.41) is 2.86. The zero-order valence-corrected chi connectivity index (χ0v) is 18.1. The Morgan fingerprint density at radius 3 is 2.40 bits per heavy atom. The zero-order chi connectivity index (χ0) is 22.1. The highest BCUT2D eigenvalue weighted by Gasteiger charge is 2.36. The second kappa shape index (κ2) is 8.30. The minimum absolute atomic E-state index is 0.0840. The highest BCUT2D eigenvalue weighted by atomic mass is 16.5. The lowest BCUT2D eigenvalue weighted by Crippen LogP contribution is -2.30. The van der Waals surface area contributed by atoms with Crippen LogP contribution in [0.4, 0.5) is 11.4 Å². The quantitative estimate of drug-likeness (QED) is 0.761. The molecule has 1 unspecified atom stereocenters. The number of nitrogens with one attached hydrogen (secondary N) is 1. The van der Waals surface area contributed by atoms with E-state index in [9.17, 15) is 14.4 Å². The van der Waals surface area contributed by atoms with Crippen LogP contribution in [0.25, 0.3) is 0 Å². The van der Waals surface area contributed by atoms with Crippen LogP contribution in [0.2, 0.25) is 0 Å². The van der Waals surface area contributed by atoms with Crippen molar-refractivity contribution < 1.29 is 19.1 Å². The van der Waals surface area contributed by atoms with Gasteiger partial charge >= 0.3 is 5.97 Å². The zero-order valence-electron chi connectivity index (χ0n) is 18.1. The van der Waals surface area contributed by atoms with E-state index >= 15 is 0 Å². The number of esters is 1. The average molecular weight is 408 g/mol. The molecule has 158 valence electrons. The first-order valence-corrected chi connectivity index (χ1v) is 10.1. The van der Waals surface area contributed by atoms with Gasteiger partial charge < -0.3 is 15.0 Å². The molecule has 1 aliphatic heterocycles. The fourth-order valence-corrected chi connectivity index (χ4v) is 4.03. The molecular weight excluding hydrogens is 380 g/mol. The topological polar surface area (TPSA) is 75.7 Å². The Bertz CT molecular complexity index is 979. The fourth-order valence-electron chi connectivity index (χ4n) is 4.03. The van der Waals surface area contributed by atoms with Crippen LogP contribution < -0.4 is 10.2 Å². The third-order valence-corrected chi connectivity index (χ3v) is 5.57. The minimum atomic E-state index is -0.392. The first kappa shape index (κ1) is 21.6. The van der Waals surface area contributed by atoms with Crippen LogP contribution in [0.3, 0.4) is 0 Å². The summed E-state index contributed by atoms with van der Waals surface area (Å²) in [5.41, 5.74) is 3.11. The van der Waals surface area contributed by atoms with Gasteiger partial charge in [0.2, 0.25) is 5.91 Å². The van der Waals surface area contributed by atoms with Crippen molar-refractivity contribution in [2.24, 2.45) is 5.92 Å². The van der Waals surface area contributed by atoms with Gasteiger partial charge in [-0.2, -0.15) is 0 Å². The summed E-state index contributed by atoms with van der Waals surface area (Å²) in [4.78, 5) is 38.9. The standard InChI is InChI=1S/C24H28N2O4/c1-6-30-23(29)16-7-10-18(11-8-16)25-21(27)17-9-12-20-19(13-17)24(3,4)14-15(2)22(28)26(20)5/h7-13,15H,6,14H2,1-5H3,(H,25,27). The maximum absolute atomic E-state index is 12.8. The molecule has 30 heavy (non-hydrogen) atoms. The van der Waals surface area contributed by atoms with Gasteiger partial charge in [0.05, 0.1) is 12.2 Å². The third-order valence-electron chi connectivity index (χ3n) is 5.57. The summed E-state index contributed by atoms with van der Waals surface area (Å²) in [6.45, 7) is 8.21. The Morgan fingerprint density at radius 2 is 1.77 bits per heavy atom. The van der Waals surface area contributed by atoms with Gasteiger partial charge in [-0.15, -0.1) is 0 Å². The molecular formula is C24H28N2O4. The Balaban J connectivity index is 1.84. The molecule has 0 fully saturated rings. The van der Waals surface area contributed by atoms with Crippen molar-refractivity contribution in [3.8, 4) is 0 Å². The van der Waals surface area contributed by atoms with Crippen LogP contribution in [0.15, 0.2) is 42.5 Å². The van der Waals surface area contributed by atoms with Gasteiger partial charge in [0.25, 0.3) is 5.91 Å². The summed E-state index contributed by atoms with van der Waals surface area (Å²) in [5.74, 6) is -0.645. The van der Waals surface area contributed by atoms with Gasteiger partial charge in [0, 0.05) is 29.9 Å². The molecule has 6 nitrogen and oxygen atoms in total. The molecule has 6 heteroatoms. The van der Waals surface area contributed by atoms with E-state index in [-0.39, 0.29) is 23.1 Å². The lowest BCUT2D eigenvalue weighted by atomic mass is 9.77. The summed E-state index contributed by atoms with van der Waals surface area (Å²) in [7, 11) is 1.78. The number of ether oxygens (including phenoxy) is 1. The van der Waals surface area contributed by atoms with Gasteiger partial charge in [-0.05, 0) is 66.8 Å². The van der Waals surface area contributed by atoms with E-state index in [2.05, 4.69) is 19.2 Å². The highest BCUT2D eigenvalue weighted by molar-refractivity contribution is 6.05. The lowest BCUT2D eigenvalue weighted by molar-refractivity contribution is -0.121. The molecule has 3 rings (SSSR count). The van der Waals surface area contributed by atoms with Crippen molar-refractivity contribution in [3.05, 3.63) is 59.2 Å². The minimum Gasteiger partial charge on any atom is -0.462 e. The number of carbonyl (C=O) groups is 3. The van der Waals surface area contributed by atoms with E-state index in [1.54, 1.807) is 49.2 Å². The molecule has 0 aromatic heterocycles. The largest absolute Gasteiger partial charge is 0.462 e. The maximum atomic E-state index is 12.8. The van der Waals surface area contributed by atoms with Gasteiger partial charge in [-0.3, -0.25) is 9.59 Å². The number of anilines is 2. The summed E-state index contributed by atoms with van der Waals surface area (Å²) in [6, 6.07) is 12.0. The number of benzene rings is 2. The second-order valence-electron chi connectivity index (χ2n) is 8.37. The number of amides is 2. The van der Waals surface area contributed by atoms with Gasteiger partial charge in [-0.25, -0.2) is 4.79 Å². The Labute approximate surface area is 177 Å². The van der Waals surface area contributed by atoms with Gasteiger partial charge in [0.15, 0.2) is 0 Å². The summed E-state index contributed by atoms with van der Waals surface area (Å²) < 4.78 is 4.97. The fraction of sp³-hybridized carbons (Fsp3) is 0.375. The van der Waals surface area contributed by atoms with Crippen molar-refractivity contribution in [1.29, 1.82) is 0 Å².